The lowest BCUT2D eigenvalue weighted by Gasteiger charge is -2.16. The Bertz CT molecular complexity index is 382. The largest absolute Gasteiger partial charge is 0.296 e. The SMILES string of the molecule is O=C1CCn2c(nccc2=O)N1. The van der Waals surface area contributed by atoms with Crippen LogP contribution in [0, 0.1) is 0 Å². The number of rotatable bonds is 0. The highest BCUT2D eigenvalue weighted by Gasteiger charge is 2.14. The van der Waals surface area contributed by atoms with Crippen LogP contribution in [0.5, 0.6) is 0 Å². The zero-order valence-corrected chi connectivity index (χ0v) is 6.28. The molecule has 0 saturated carbocycles. The highest BCUT2D eigenvalue weighted by molar-refractivity contribution is 5.90. The van der Waals surface area contributed by atoms with Crippen molar-refractivity contribution in [2.24, 2.45) is 0 Å². The number of carbonyl (C=O) groups is 1. The lowest BCUT2D eigenvalue weighted by Crippen LogP contribution is -2.32. The lowest BCUT2D eigenvalue weighted by atomic mass is 10.3. The Kier molecular flexibility index (Phi) is 1.43. The molecule has 0 aliphatic carbocycles. The first-order chi connectivity index (χ1) is 5.77. The molecule has 0 aromatic carbocycles. The number of fused-ring (bicyclic) bond motifs is 1. The summed E-state index contributed by atoms with van der Waals surface area (Å²) in [5, 5.41) is 2.51. The van der Waals surface area contributed by atoms with Gasteiger partial charge in [-0.2, -0.15) is 0 Å². The maximum atomic E-state index is 11.1. The molecule has 1 aromatic rings. The Hall–Kier alpha value is -1.65. The van der Waals surface area contributed by atoms with Gasteiger partial charge in [0.25, 0.3) is 5.56 Å². The van der Waals surface area contributed by atoms with Gasteiger partial charge in [0.2, 0.25) is 11.9 Å². The fraction of sp³-hybridized carbons (Fsp3) is 0.286. The molecule has 1 aromatic heterocycles. The first-order valence-corrected chi connectivity index (χ1v) is 3.63. The van der Waals surface area contributed by atoms with Crippen LogP contribution < -0.4 is 10.9 Å². The second kappa shape index (κ2) is 2.44. The van der Waals surface area contributed by atoms with Gasteiger partial charge in [-0.1, -0.05) is 0 Å². The second-order valence-corrected chi connectivity index (χ2v) is 2.56. The fourth-order valence-corrected chi connectivity index (χ4v) is 1.15. The molecule has 1 amide bonds. The minimum Gasteiger partial charge on any atom is -0.296 e. The van der Waals surface area contributed by atoms with Crippen molar-refractivity contribution in [2.75, 3.05) is 5.32 Å². The summed E-state index contributed by atoms with van der Waals surface area (Å²) in [4.78, 5) is 25.9. The third-order valence-corrected chi connectivity index (χ3v) is 1.75. The molecule has 0 unspecified atom stereocenters. The van der Waals surface area contributed by atoms with Crippen molar-refractivity contribution in [1.82, 2.24) is 9.55 Å². The van der Waals surface area contributed by atoms with E-state index in [1.807, 2.05) is 0 Å². The van der Waals surface area contributed by atoms with Gasteiger partial charge in [-0.05, 0) is 0 Å². The fourth-order valence-electron chi connectivity index (χ4n) is 1.15. The molecule has 0 radical (unpaired) electrons. The van der Waals surface area contributed by atoms with Crippen molar-refractivity contribution < 1.29 is 4.79 Å². The molecule has 0 spiro atoms. The van der Waals surface area contributed by atoms with Crippen molar-refractivity contribution in [3.8, 4) is 0 Å². The van der Waals surface area contributed by atoms with E-state index in [4.69, 9.17) is 0 Å². The topological polar surface area (TPSA) is 64.0 Å². The summed E-state index contributed by atoms with van der Waals surface area (Å²) in [7, 11) is 0. The maximum Gasteiger partial charge on any atom is 0.254 e. The molecule has 0 bridgehead atoms. The van der Waals surface area contributed by atoms with E-state index in [1.165, 1.54) is 16.8 Å². The normalized spacial score (nSPS) is 15.2. The molecule has 1 aliphatic heterocycles. The van der Waals surface area contributed by atoms with Crippen LogP contribution in [-0.4, -0.2) is 15.5 Å². The zero-order valence-electron chi connectivity index (χ0n) is 6.28. The van der Waals surface area contributed by atoms with E-state index in [9.17, 15) is 9.59 Å². The van der Waals surface area contributed by atoms with Crippen LogP contribution in [0.1, 0.15) is 6.42 Å². The van der Waals surface area contributed by atoms with Gasteiger partial charge in [0.05, 0.1) is 0 Å². The van der Waals surface area contributed by atoms with E-state index >= 15 is 0 Å². The van der Waals surface area contributed by atoms with Crippen LogP contribution >= 0.6 is 0 Å². The number of carbonyl (C=O) groups excluding carboxylic acids is 1. The molecule has 0 fully saturated rings. The molecule has 12 heavy (non-hydrogen) atoms. The number of nitrogens with one attached hydrogen (secondary N) is 1. The van der Waals surface area contributed by atoms with Gasteiger partial charge in [-0.3, -0.25) is 19.5 Å². The number of amides is 1. The van der Waals surface area contributed by atoms with E-state index in [2.05, 4.69) is 10.3 Å². The van der Waals surface area contributed by atoms with Crippen molar-refractivity contribution in [2.45, 2.75) is 13.0 Å². The minimum absolute atomic E-state index is 0.0897. The Labute approximate surface area is 68.0 Å². The Morgan fingerprint density at radius 1 is 1.50 bits per heavy atom. The maximum absolute atomic E-state index is 11.1. The summed E-state index contributed by atoms with van der Waals surface area (Å²) in [6.07, 6.45) is 1.73. The average Bonchev–Trinajstić information content (AvgIpc) is 2.04. The number of hydrogen-bond acceptors (Lipinski definition) is 3. The van der Waals surface area contributed by atoms with Crippen molar-refractivity contribution in [1.29, 1.82) is 0 Å². The molecule has 2 heterocycles. The van der Waals surface area contributed by atoms with Crippen LogP contribution in [0.3, 0.4) is 0 Å². The summed E-state index contributed by atoms with van der Waals surface area (Å²) in [5.41, 5.74) is -0.125. The number of anilines is 1. The van der Waals surface area contributed by atoms with Gasteiger partial charge in [-0.15, -0.1) is 0 Å². The zero-order chi connectivity index (χ0) is 8.55. The van der Waals surface area contributed by atoms with E-state index in [1.54, 1.807) is 0 Å². The highest BCUT2D eigenvalue weighted by atomic mass is 16.2. The molecular weight excluding hydrogens is 158 g/mol. The molecule has 5 heteroatoms. The van der Waals surface area contributed by atoms with E-state index in [0.29, 0.717) is 18.9 Å². The first kappa shape index (κ1) is 7.02. The summed E-state index contributed by atoms with van der Waals surface area (Å²) in [6.45, 7) is 0.424. The minimum atomic E-state index is -0.125. The van der Waals surface area contributed by atoms with Crippen LogP contribution in [0.15, 0.2) is 17.1 Å². The summed E-state index contributed by atoms with van der Waals surface area (Å²) >= 11 is 0. The lowest BCUT2D eigenvalue weighted by molar-refractivity contribution is -0.116. The van der Waals surface area contributed by atoms with E-state index < -0.39 is 0 Å². The van der Waals surface area contributed by atoms with Gasteiger partial charge in [0.1, 0.15) is 0 Å². The number of hydrogen-bond donors (Lipinski definition) is 1. The molecule has 0 saturated heterocycles. The highest BCUT2D eigenvalue weighted by Crippen LogP contribution is 2.06. The summed E-state index contributed by atoms with van der Waals surface area (Å²) < 4.78 is 1.45. The van der Waals surface area contributed by atoms with Gasteiger partial charge in [-0.25, -0.2) is 4.98 Å². The molecular formula is C7H7N3O2. The molecule has 5 nitrogen and oxygen atoms in total. The monoisotopic (exact) mass is 165 g/mol. The quantitative estimate of drug-likeness (QED) is 0.568. The third-order valence-electron chi connectivity index (χ3n) is 1.75. The first-order valence-electron chi connectivity index (χ1n) is 3.63. The molecule has 2 rings (SSSR count). The number of aromatic nitrogens is 2. The van der Waals surface area contributed by atoms with Gasteiger partial charge >= 0.3 is 0 Å². The van der Waals surface area contributed by atoms with Crippen molar-refractivity contribution >= 4 is 11.9 Å². The predicted octanol–water partition coefficient (Wildman–Crippen LogP) is -0.415. The van der Waals surface area contributed by atoms with Crippen molar-refractivity contribution in [3.63, 3.8) is 0 Å². The smallest absolute Gasteiger partial charge is 0.254 e. The van der Waals surface area contributed by atoms with Gasteiger partial charge in [0, 0.05) is 25.2 Å². The Morgan fingerprint density at radius 3 is 3.17 bits per heavy atom. The Balaban J connectivity index is 2.56. The van der Waals surface area contributed by atoms with Crippen LogP contribution in [-0.2, 0) is 11.3 Å². The third kappa shape index (κ3) is 0.990. The van der Waals surface area contributed by atoms with Crippen LogP contribution in [0.2, 0.25) is 0 Å². The number of nitrogens with zero attached hydrogens (tertiary/aromatic N) is 2. The van der Waals surface area contributed by atoms with Crippen LogP contribution in [0.25, 0.3) is 0 Å². The standard InChI is InChI=1S/C7H7N3O2/c11-5-2-4-10-6(12)1-3-8-7(10)9-5/h1,3H,2,4H2,(H,8,9,11). The predicted molar refractivity (Wildman–Crippen MR) is 41.7 cm³/mol. The molecule has 0 atom stereocenters. The molecule has 1 N–H and O–H groups in total. The van der Waals surface area contributed by atoms with Gasteiger partial charge in [0.15, 0.2) is 0 Å². The summed E-state index contributed by atoms with van der Waals surface area (Å²) in [5.74, 6) is 0.256. The van der Waals surface area contributed by atoms with Crippen LogP contribution in [0.4, 0.5) is 5.95 Å². The van der Waals surface area contributed by atoms with E-state index in [-0.39, 0.29) is 11.5 Å². The molecule has 1 aliphatic rings. The summed E-state index contributed by atoms with van der Waals surface area (Å²) in [6, 6.07) is 1.38. The van der Waals surface area contributed by atoms with E-state index in [0.717, 1.165) is 0 Å². The van der Waals surface area contributed by atoms with Crippen molar-refractivity contribution in [3.05, 3.63) is 22.6 Å². The average molecular weight is 165 g/mol. The Morgan fingerprint density at radius 2 is 2.33 bits per heavy atom. The second-order valence-electron chi connectivity index (χ2n) is 2.56. The van der Waals surface area contributed by atoms with Gasteiger partial charge < -0.3 is 0 Å². The molecule has 62 valence electrons.